The zero-order valence-corrected chi connectivity index (χ0v) is 24.2. The zero-order valence-electron chi connectivity index (χ0n) is 23.3. The van der Waals surface area contributed by atoms with Crippen molar-refractivity contribution in [2.24, 2.45) is 5.92 Å². The lowest BCUT2D eigenvalue weighted by Crippen LogP contribution is -2.53. The van der Waals surface area contributed by atoms with Crippen LogP contribution in [0, 0.1) is 5.92 Å². The van der Waals surface area contributed by atoms with Crippen molar-refractivity contribution >= 4 is 7.82 Å². The summed E-state index contributed by atoms with van der Waals surface area (Å²) in [5.41, 5.74) is 0. The third kappa shape index (κ3) is 16.9. The first-order chi connectivity index (χ1) is 16.8. The molecule has 0 aromatic rings. The number of likely N-dealkylation sites (tertiary alicyclic amines) is 1. The molecule has 6 nitrogen and oxygen atoms in total. The smallest absolute Gasteiger partial charge is 0.268 e. The molecule has 1 aliphatic rings. The maximum absolute atomic E-state index is 12.1. The second-order valence-corrected chi connectivity index (χ2v) is 12.1. The molecule has 0 saturated carbocycles. The van der Waals surface area contributed by atoms with Crippen molar-refractivity contribution < 1.29 is 27.7 Å². The van der Waals surface area contributed by atoms with E-state index in [9.17, 15) is 9.46 Å². The lowest BCUT2D eigenvalue weighted by Gasteiger charge is -2.41. The van der Waals surface area contributed by atoms with Crippen molar-refractivity contribution in [3.8, 4) is 0 Å². The standard InChI is InChI=1S/C28H56NO5P/c1-5-7-8-9-10-11-12-13-14-15-16-17-18-19-24-33-35(30,31)34-25-23-29(4)22-20-21-28(26-29)27(3)32-6-2/h28H,3,5-26H2,1-2,4H3. The van der Waals surface area contributed by atoms with E-state index < -0.39 is 7.82 Å². The van der Waals surface area contributed by atoms with Crippen molar-refractivity contribution in [1.29, 1.82) is 0 Å². The summed E-state index contributed by atoms with van der Waals surface area (Å²) in [4.78, 5) is 12.1. The van der Waals surface area contributed by atoms with Gasteiger partial charge >= 0.3 is 0 Å². The Morgan fingerprint density at radius 3 is 1.94 bits per heavy atom. The molecule has 0 aromatic heterocycles. The van der Waals surface area contributed by atoms with E-state index >= 15 is 0 Å². The average Bonchev–Trinajstić information content (AvgIpc) is 2.81. The monoisotopic (exact) mass is 517 g/mol. The molecule has 0 bridgehead atoms. The average molecular weight is 518 g/mol. The maximum atomic E-state index is 12.1. The number of hydrogen-bond acceptors (Lipinski definition) is 5. The lowest BCUT2D eigenvalue weighted by atomic mass is 9.95. The zero-order chi connectivity index (χ0) is 25.8. The largest absolute Gasteiger partial charge is 0.756 e. The van der Waals surface area contributed by atoms with E-state index in [2.05, 4.69) is 20.6 Å². The van der Waals surface area contributed by atoms with Gasteiger partial charge in [0.15, 0.2) is 0 Å². The fourth-order valence-corrected chi connectivity index (χ4v) is 5.82. The predicted octanol–water partition coefficient (Wildman–Crippen LogP) is 7.38. The SMILES string of the molecule is C=C(OCC)C1CCC[N+](C)(CCOP(=O)([O-])OCCCCCCCCCCCCCCCC)C1. The Morgan fingerprint density at radius 2 is 1.40 bits per heavy atom. The molecule has 35 heavy (non-hydrogen) atoms. The van der Waals surface area contributed by atoms with E-state index in [4.69, 9.17) is 13.8 Å². The summed E-state index contributed by atoms with van der Waals surface area (Å²) in [6.07, 6.45) is 20.0. The summed E-state index contributed by atoms with van der Waals surface area (Å²) >= 11 is 0. The van der Waals surface area contributed by atoms with Crippen molar-refractivity contribution in [3.05, 3.63) is 12.3 Å². The number of rotatable bonds is 23. The van der Waals surface area contributed by atoms with E-state index in [1.807, 2.05) is 6.92 Å². The fraction of sp³-hybridized carbons (Fsp3) is 0.929. The Labute approximate surface area is 217 Å². The highest BCUT2D eigenvalue weighted by Crippen LogP contribution is 2.38. The van der Waals surface area contributed by atoms with Gasteiger partial charge in [0, 0.05) is 0 Å². The minimum Gasteiger partial charge on any atom is -0.756 e. The van der Waals surface area contributed by atoms with E-state index in [0.29, 0.717) is 19.1 Å². The van der Waals surface area contributed by atoms with E-state index in [-0.39, 0.29) is 13.2 Å². The van der Waals surface area contributed by atoms with E-state index in [0.717, 1.165) is 55.4 Å². The molecule has 3 atom stereocenters. The summed E-state index contributed by atoms with van der Waals surface area (Å²) in [6, 6.07) is 0. The molecule has 0 aromatic carbocycles. The fourth-order valence-electron chi connectivity index (χ4n) is 5.09. The van der Waals surface area contributed by atoms with Gasteiger partial charge in [0.05, 0.1) is 45.0 Å². The topological polar surface area (TPSA) is 67.8 Å². The molecule has 1 heterocycles. The Bertz CT molecular complexity index is 588. The number of phosphoric acid groups is 1. The number of unbranched alkanes of at least 4 members (excludes halogenated alkanes) is 13. The summed E-state index contributed by atoms with van der Waals surface area (Å²) in [5.74, 6) is 1.17. The predicted molar refractivity (Wildman–Crippen MR) is 144 cm³/mol. The van der Waals surface area contributed by atoms with Crippen LogP contribution in [-0.4, -0.2) is 51.0 Å². The first-order valence-electron chi connectivity index (χ1n) is 14.6. The number of quaternary nitrogens is 1. The molecule has 1 fully saturated rings. The van der Waals surface area contributed by atoms with Crippen molar-refractivity contribution in [1.82, 2.24) is 0 Å². The molecule has 1 rings (SSSR count). The molecule has 1 saturated heterocycles. The number of likely N-dealkylation sites (N-methyl/N-ethyl adjacent to an activating group) is 1. The second kappa shape index (κ2) is 19.7. The van der Waals surface area contributed by atoms with Gasteiger partial charge in [0.25, 0.3) is 7.82 Å². The van der Waals surface area contributed by atoms with Crippen LogP contribution in [0.25, 0.3) is 0 Å². The Morgan fingerprint density at radius 1 is 0.886 bits per heavy atom. The first-order valence-corrected chi connectivity index (χ1v) is 16.0. The van der Waals surface area contributed by atoms with E-state index in [1.54, 1.807) is 0 Å². The number of piperidine rings is 1. The van der Waals surface area contributed by atoms with Crippen LogP contribution in [0.5, 0.6) is 0 Å². The van der Waals surface area contributed by atoms with Crippen molar-refractivity contribution in [3.63, 3.8) is 0 Å². The Balaban J connectivity index is 2.00. The number of phosphoric ester groups is 1. The van der Waals surface area contributed by atoms with Gasteiger partial charge in [-0.2, -0.15) is 0 Å². The summed E-state index contributed by atoms with van der Waals surface area (Å²) < 4.78 is 28.7. The van der Waals surface area contributed by atoms with Crippen LogP contribution in [0.1, 0.15) is 117 Å². The Kier molecular flexibility index (Phi) is 18.4. The van der Waals surface area contributed by atoms with Crippen LogP contribution in [-0.2, 0) is 18.3 Å². The molecule has 0 amide bonds. The number of hydrogen-bond donors (Lipinski definition) is 0. The number of ether oxygens (including phenoxy) is 1. The van der Waals surface area contributed by atoms with Gasteiger partial charge in [0.1, 0.15) is 13.2 Å². The van der Waals surface area contributed by atoms with E-state index in [1.165, 1.54) is 70.6 Å². The molecular weight excluding hydrogens is 461 g/mol. The van der Waals surface area contributed by atoms with Gasteiger partial charge in [-0.05, 0) is 26.2 Å². The van der Waals surface area contributed by atoms with Crippen LogP contribution in [0.4, 0.5) is 0 Å². The van der Waals surface area contributed by atoms with Gasteiger partial charge in [-0.3, -0.25) is 4.57 Å². The lowest BCUT2D eigenvalue weighted by molar-refractivity contribution is -0.917. The maximum Gasteiger partial charge on any atom is 0.268 e. The molecule has 0 radical (unpaired) electrons. The van der Waals surface area contributed by atoms with Crippen molar-refractivity contribution in [2.75, 3.05) is 46.5 Å². The molecule has 7 heteroatoms. The van der Waals surface area contributed by atoms with Crippen LogP contribution >= 0.6 is 7.82 Å². The highest BCUT2D eigenvalue weighted by atomic mass is 31.2. The Hall–Kier alpha value is -0.390. The third-order valence-electron chi connectivity index (χ3n) is 7.32. The van der Waals surface area contributed by atoms with Crippen molar-refractivity contribution in [2.45, 2.75) is 117 Å². The normalized spacial score (nSPS) is 22.1. The minimum atomic E-state index is -4.22. The third-order valence-corrected chi connectivity index (χ3v) is 8.32. The van der Waals surface area contributed by atoms with Gasteiger partial charge in [-0.15, -0.1) is 0 Å². The molecule has 0 spiro atoms. The van der Waals surface area contributed by atoms with Crippen LogP contribution in [0.15, 0.2) is 12.3 Å². The van der Waals surface area contributed by atoms with Gasteiger partial charge in [-0.25, -0.2) is 0 Å². The molecule has 0 aliphatic carbocycles. The summed E-state index contributed by atoms with van der Waals surface area (Å²) in [5, 5.41) is 0. The highest BCUT2D eigenvalue weighted by Gasteiger charge is 2.33. The van der Waals surface area contributed by atoms with Gasteiger partial charge in [-0.1, -0.05) is 97.0 Å². The molecule has 3 unspecified atom stereocenters. The second-order valence-electron chi connectivity index (χ2n) is 10.7. The highest BCUT2D eigenvalue weighted by molar-refractivity contribution is 7.45. The van der Waals surface area contributed by atoms with Gasteiger partial charge in [0.2, 0.25) is 0 Å². The summed E-state index contributed by atoms with van der Waals surface area (Å²) in [7, 11) is -2.07. The molecule has 208 valence electrons. The van der Waals surface area contributed by atoms with Crippen LogP contribution in [0.2, 0.25) is 0 Å². The quantitative estimate of drug-likeness (QED) is 0.0612. The van der Waals surface area contributed by atoms with Gasteiger partial charge < -0.3 is 23.2 Å². The van der Waals surface area contributed by atoms with Crippen LogP contribution < -0.4 is 4.89 Å². The molecule has 1 aliphatic heterocycles. The first kappa shape index (κ1) is 32.6. The number of nitrogens with zero attached hydrogens (tertiary/aromatic N) is 1. The molecule has 0 N–H and O–H groups in total. The summed E-state index contributed by atoms with van der Waals surface area (Å²) in [6.45, 7) is 11.9. The molecular formula is C28H56NO5P. The minimum absolute atomic E-state index is 0.157. The van der Waals surface area contributed by atoms with Crippen LogP contribution in [0.3, 0.4) is 0 Å².